The van der Waals surface area contributed by atoms with Crippen molar-refractivity contribution in [3.63, 3.8) is 0 Å². The van der Waals surface area contributed by atoms with E-state index in [-0.39, 0.29) is 0 Å². The number of nitrogens with zero attached hydrogens (tertiary/aromatic N) is 3. The fraction of sp³-hybridized carbons (Fsp3) is 0.417. The topological polar surface area (TPSA) is 54.4 Å². The van der Waals surface area contributed by atoms with Gasteiger partial charge in [-0.1, -0.05) is 0 Å². The molecular formula is C12H16BrN3O2. The lowest BCUT2D eigenvalue weighted by Gasteiger charge is -2.19. The molecule has 0 fully saturated rings. The molecule has 0 unspecified atom stereocenters. The summed E-state index contributed by atoms with van der Waals surface area (Å²) in [6.45, 7) is 1.74. The number of hydrogen-bond donors (Lipinski definition) is 1. The van der Waals surface area contributed by atoms with Crippen LogP contribution in [-0.2, 0) is 13.1 Å². The van der Waals surface area contributed by atoms with E-state index in [0.29, 0.717) is 19.6 Å². The Balaban J connectivity index is 1.78. The molecule has 18 heavy (non-hydrogen) atoms. The first-order valence-electron chi connectivity index (χ1n) is 5.72. The van der Waals surface area contributed by atoms with E-state index >= 15 is 0 Å². The maximum absolute atomic E-state index is 9.93. The fourth-order valence-electron chi connectivity index (χ4n) is 1.81. The normalized spacial score (nSPS) is 13.1. The highest BCUT2D eigenvalue weighted by Crippen LogP contribution is 2.15. The van der Waals surface area contributed by atoms with Crippen LogP contribution in [0.25, 0.3) is 0 Å². The number of halogens is 1. The first-order valence-corrected chi connectivity index (χ1v) is 6.51. The van der Waals surface area contributed by atoms with Gasteiger partial charge >= 0.3 is 0 Å². The van der Waals surface area contributed by atoms with Crippen molar-refractivity contribution < 1.29 is 9.52 Å². The van der Waals surface area contributed by atoms with Crippen LogP contribution < -0.4 is 0 Å². The predicted molar refractivity (Wildman–Crippen MR) is 71.0 cm³/mol. The van der Waals surface area contributed by atoms with Crippen LogP contribution >= 0.6 is 15.9 Å². The van der Waals surface area contributed by atoms with E-state index in [9.17, 15) is 5.11 Å². The Hall–Kier alpha value is -1.11. The van der Waals surface area contributed by atoms with Crippen molar-refractivity contribution in [1.82, 2.24) is 14.7 Å². The summed E-state index contributed by atoms with van der Waals surface area (Å²) >= 11 is 3.27. The minimum atomic E-state index is -0.451. The summed E-state index contributed by atoms with van der Waals surface area (Å²) in [4.78, 5) is 2.01. The van der Waals surface area contributed by atoms with Gasteiger partial charge in [-0.05, 0) is 41.2 Å². The van der Waals surface area contributed by atoms with Crippen molar-refractivity contribution in [2.24, 2.45) is 0 Å². The first kappa shape index (κ1) is 13.3. The summed E-state index contributed by atoms with van der Waals surface area (Å²) in [5, 5.41) is 14.0. The number of hydrogen-bond acceptors (Lipinski definition) is 4. The Morgan fingerprint density at radius 1 is 1.56 bits per heavy atom. The van der Waals surface area contributed by atoms with Crippen molar-refractivity contribution in [2.75, 3.05) is 13.6 Å². The van der Waals surface area contributed by atoms with Crippen LogP contribution in [0.4, 0.5) is 0 Å². The number of aliphatic hydroxyl groups is 1. The molecule has 0 aromatic carbocycles. The Morgan fingerprint density at radius 2 is 2.39 bits per heavy atom. The van der Waals surface area contributed by atoms with Crippen LogP contribution in [0.5, 0.6) is 0 Å². The Morgan fingerprint density at radius 3 is 3.00 bits per heavy atom. The Kier molecular flexibility index (Phi) is 4.57. The third-order valence-electron chi connectivity index (χ3n) is 2.53. The molecule has 0 aliphatic carbocycles. The number of aromatic nitrogens is 2. The average molecular weight is 314 g/mol. The van der Waals surface area contributed by atoms with Gasteiger partial charge in [-0.3, -0.25) is 9.58 Å². The molecule has 0 bridgehead atoms. The van der Waals surface area contributed by atoms with E-state index in [1.165, 1.54) is 0 Å². The smallest absolute Gasteiger partial charge is 0.169 e. The molecule has 0 amide bonds. The second kappa shape index (κ2) is 6.17. The van der Waals surface area contributed by atoms with Crippen LogP contribution in [0.1, 0.15) is 5.76 Å². The van der Waals surface area contributed by atoms with Crippen molar-refractivity contribution in [3.05, 3.63) is 41.0 Å². The molecule has 2 aromatic rings. The molecule has 0 saturated carbocycles. The van der Waals surface area contributed by atoms with Gasteiger partial charge in [0.1, 0.15) is 5.76 Å². The molecule has 0 saturated heterocycles. The highest BCUT2D eigenvalue weighted by molar-refractivity contribution is 9.10. The Bertz CT molecular complexity index is 469. The van der Waals surface area contributed by atoms with Gasteiger partial charge in [0.25, 0.3) is 0 Å². The summed E-state index contributed by atoms with van der Waals surface area (Å²) in [6.07, 6.45) is 3.09. The van der Waals surface area contributed by atoms with Gasteiger partial charge in [0.05, 0.1) is 19.2 Å². The lowest BCUT2D eigenvalue weighted by molar-refractivity contribution is 0.101. The lowest BCUT2D eigenvalue weighted by atomic mass is 10.3. The first-order chi connectivity index (χ1) is 8.63. The van der Waals surface area contributed by atoms with Crippen LogP contribution in [0, 0.1) is 0 Å². The zero-order valence-electron chi connectivity index (χ0n) is 10.2. The molecule has 2 rings (SSSR count). The van der Waals surface area contributed by atoms with Crippen LogP contribution in [0.3, 0.4) is 0 Å². The van der Waals surface area contributed by atoms with E-state index in [4.69, 9.17) is 4.42 Å². The molecule has 6 heteroatoms. The van der Waals surface area contributed by atoms with Gasteiger partial charge in [-0.25, -0.2) is 0 Å². The van der Waals surface area contributed by atoms with E-state index < -0.39 is 6.10 Å². The van der Waals surface area contributed by atoms with Gasteiger partial charge in [-0.15, -0.1) is 0 Å². The molecule has 2 aromatic heterocycles. The number of likely N-dealkylation sites (N-methyl/N-ethyl adjacent to an activating group) is 1. The quantitative estimate of drug-likeness (QED) is 0.882. The molecule has 2 heterocycles. The van der Waals surface area contributed by atoms with E-state index in [2.05, 4.69) is 21.0 Å². The maximum Gasteiger partial charge on any atom is 0.169 e. The van der Waals surface area contributed by atoms with Gasteiger partial charge in [0.15, 0.2) is 4.67 Å². The van der Waals surface area contributed by atoms with Crippen LogP contribution in [0.15, 0.2) is 39.7 Å². The van der Waals surface area contributed by atoms with Gasteiger partial charge < -0.3 is 9.52 Å². The minimum absolute atomic E-state index is 0.451. The van der Waals surface area contributed by atoms with Crippen molar-refractivity contribution in [1.29, 1.82) is 0 Å². The minimum Gasteiger partial charge on any atom is -0.453 e. The van der Waals surface area contributed by atoms with Gasteiger partial charge in [0, 0.05) is 18.9 Å². The van der Waals surface area contributed by atoms with Gasteiger partial charge in [-0.2, -0.15) is 5.10 Å². The SMILES string of the molecule is CN(Cc1ccc(Br)o1)C[C@@H](O)Cn1cccn1. The molecule has 0 spiro atoms. The van der Waals surface area contributed by atoms with Crippen LogP contribution in [-0.4, -0.2) is 39.5 Å². The summed E-state index contributed by atoms with van der Waals surface area (Å²) < 4.78 is 7.87. The lowest BCUT2D eigenvalue weighted by Crippen LogP contribution is -2.31. The van der Waals surface area contributed by atoms with Gasteiger partial charge in [0.2, 0.25) is 0 Å². The number of rotatable bonds is 6. The van der Waals surface area contributed by atoms with Crippen molar-refractivity contribution in [3.8, 4) is 0 Å². The predicted octanol–water partition coefficient (Wildman–Crippen LogP) is 1.73. The number of furan rings is 1. The second-order valence-electron chi connectivity index (χ2n) is 4.28. The van der Waals surface area contributed by atoms with E-state index in [1.807, 2.05) is 36.3 Å². The number of aliphatic hydroxyl groups excluding tert-OH is 1. The zero-order valence-corrected chi connectivity index (χ0v) is 11.7. The average Bonchev–Trinajstić information content (AvgIpc) is 2.90. The van der Waals surface area contributed by atoms with E-state index in [1.54, 1.807) is 10.9 Å². The largest absolute Gasteiger partial charge is 0.453 e. The molecule has 5 nitrogen and oxygen atoms in total. The summed E-state index contributed by atoms with van der Waals surface area (Å²) in [5.74, 6) is 0.871. The zero-order chi connectivity index (χ0) is 13.0. The molecule has 1 N–H and O–H groups in total. The third-order valence-corrected chi connectivity index (χ3v) is 2.96. The second-order valence-corrected chi connectivity index (χ2v) is 5.07. The molecular weight excluding hydrogens is 298 g/mol. The Labute approximate surface area is 114 Å². The van der Waals surface area contributed by atoms with Crippen molar-refractivity contribution in [2.45, 2.75) is 19.2 Å². The van der Waals surface area contributed by atoms with Crippen LogP contribution in [0.2, 0.25) is 0 Å². The van der Waals surface area contributed by atoms with Crippen molar-refractivity contribution >= 4 is 15.9 Å². The standard InChI is InChI=1S/C12H16BrN3O2/c1-15(9-11-3-4-12(13)18-11)7-10(17)8-16-6-2-5-14-16/h2-6,10,17H,7-9H2,1H3/t10-/m1/s1. The molecule has 0 aliphatic rings. The van der Waals surface area contributed by atoms with E-state index in [0.717, 1.165) is 10.4 Å². The monoisotopic (exact) mass is 313 g/mol. The fourth-order valence-corrected chi connectivity index (χ4v) is 2.15. The highest BCUT2D eigenvalue weighted by atomic mass is 79.9. The molecule has 1 atom stereocenters. The molecule has 98 valence electrons. The summed E-state index contributed by atoms with van der Waals surface area (Å²) in [6, 6.07) is 5.63. The maximum atomic E-state index is 9.93. The highest BCUT2D eigenvalue weighted by Gasteiger charge is 2.11. The summed E-state index contributed by atoms with van der Waals surface area (Å²) in [5.41, 5.74) is 0. The molecule has 0 aliphatic heterocycles. The summed E-state index contributed by atoms with van der Waals surface area (Å²) in [7, 11) is 1.95. The molecule has 0 radical (unpaired) electrons. The third kappa shape index (κ3) is 3.97.